The first-order valence-electron chi connectivity index (χ1n) is 10.6. The van der Waals surface area contributed by atoms with Crippen LogP contribution in [0.5, 0.6) is 0 Å². The highest BCUT2D eigenvalue weighted by molar-refractivity contribution is 5.22. The lowest BCUT2D eigenvalue weighted by atomic mass is 9.83. The zero-order valence-corrected chi connectivity index (χ0v) is 17.5. The molecular weight excluding hydrogens is 380 g/mol. The van der Waals surface area contributed by atoms with Gasteiger partial charge in [0, 0.05) is 61.8 Å². The Morgan fingerprint density at radius 2 is 2.17 bits per heavy atom. The zero-order chi connectivity index (χ0) is 20.7. The lowest BCUT2D eigenvalue weighted by Crippen LogP contribution is -2.47. The molecule has 0 aliphatic carbocycles. The maximum absolute atomic E-state index is 13.2. The van der Waals surface area contributed by atoms with E-state index in [0.29, 0.717) is 24.9 Å². The summed E-state index contributed by atoms with van der Waals surface area (Å²) in [7, 11) is 2.00. The molecule has 1 fully saturated rings. The third kappa shape index (κ3) is 3.85. The normalized spacial score (nSPS) is 21.2. The van der Waals surface area contributed by atoms with Crippen LogP contribution in [0.15, 0.2) is 39.9 Å². The van der Waals surface area contributed by atoms with Gasteiger partial charge in [0.05, 0.1) is 18.8 Å². The lowest BCUT2D eigenvalue weighted by Gasteiger charge is -2.42. The van der Waals surface area contributed by atoms with Gasteiger partial charge in [-0.25, -0.2) is 4.98 Å². The highest BCUT2D eigenvalue weighted by atomic mass is 16.5. The number of fused-ring (bicyclic) bond motifs is 4. The van der Waals surface area contributed by atoms with Crippen LogP contribution < -0.4 is 5.56 Å². The minimum Gasteiger partial charge on any atom is -0.360 e. The number of aromatic nitrogens is 4. The summed E-state index contributed by atoms with van der Waals surface area (Å²) >= 11 is 0. The lowest BCUT2D eigenvalue weighted by molar-refractivity contribution is 0.112. The molecule has 8 nitrogen and oxygen atoms in total. The zero-order valence-electron chi connectivity index (χ0n) is 17.5. The molecule has 0 unspecified atom stereocenters. The van der Waals surface area contributed by atoms with Crippen molar-refractivity contribution in [3.63, 3.8) is 0 Å². The van der Waals surface area contributed by atoms with Crippen LogP contribution in [-0.2, 0) is 26.2 Å². The van der Waals surface area contributed by atoms with Gasteiger partial charge < -0.3 is 14.1 Å². The number of rotatable bonds is 6. The maximum Gasteiger partial charge on any atom is 0.255 e. The summed E-state index contributed by atoms with van der Waals surface area (Å²) in [5, 5.41) is 3.94. The molecule has 0 spiro atoms. The van der Waals surface area contributed by atoms with E-state index >= 15 is 0 Å². The summed E-state index contributed by atoms with van der Waals surface area (Å²) < 4.78 is 7.34. The molecule has 1 saturated heterocycles. The van der Waals surface area contributed by atoms with E-state index in [-0.39, 0.29) is 5.56 Å². The van der Waals surface area contributed by atoms with Gasteiger partial charge >= 0.3 is 0 Å². The van der Waals surface area contributed by atoms with Gasteiger partial charge in [0.25, 0.3) is 5.56 Å². The van der Waals surface area contributed by atoms with Crippen molar-refractivity contribution in [1.29, 1.82) is 0 Å². The van der Waals surface area contributed by atoms with Crippen molar-refractivity contribution in [1.82, 2.24) is 29.5 Å². The predicted octanol–water partition coefficient (Wildman–Crippen LogP) is 2.12. The van der Waals surface area contributed by atoms with E-state index in [2.05, 4.69) is 31.0 Å². The Bertz CT molecular complexity index is 1070. The molecule has 2 atom stereocenters. The van der Waals surface area contributed by atoms with Gasteiger partial charge in [-0.2, -0.15) is 0 Å². The molecule has 2 aliphatic rings. The van der Waals surface area contributed by atoms with E-state index < -0.39 is 0 Å². The van der Waals surface area contributed by atoms with Crippen molar-refractivity contribution in [2.75, 3.05) is 20.1 Å². The van der Waals surface area contributed by atoms with Crippen LogP contribution in [0.3, 0.4) is 0 Å². The average molecular weight is 409 g/mol. The van der Waals surface area contributed by atoms with E-state index in [4.69, 9.17) is 4.52 Å². The minimum atomic E-state index is 0.155. The Balaban J connectivity index is 1.31. The molecule has 0 aromatic carbocycles. The molecule has 5 rings (SSSR count). The van der Waals surface area contributed by atoms with Crippen LogP contribution in [0.1, 0.15) is 40.9 Å². The fraction of sp³-hybridized carbons (Fsp3) is 0.500. The molecular formula is C22H28N6O2. The number of hydrogen-bond donors (Lipinski definition) is 1. The van der Waals surface area contributed by atoms with Crippen LogP contribution in [0.2, 0.25) is 0 Å². The molecule has 8 heteroatoms. The Hall–Kier alpha value is -2.71. The predicted molar refractivity (Wildman–Crippen MR) is 112 cm³/mol. The number of piperidine rings is 1. The fourth-order valence-electron chi connectivity index (χ4n) is 5.04. The quantitative estimate of drug-likeness (QED) is 0.673. The Morgan fingerprint density at radius 1 is 1.27 bits per heavy atom. The Morgan fingerprint density at radius 3 is 2.93 bits per heavy atom. The van der Waals surface area contributed by atoms with E-state index in [1.54, 1.807) is 6.20 Å². The third-order valence-electron chi connectivity index (χ3n) is 6.23. The second-order valence-corrected chi connectivity index (χ2v) is 8.83. The van der Waals surface area contributed by atoms with Crippen molar-refractivity contribution < 1.29 is 4.52 Å². The topological polar surface area (TPSA) is 83.2 Å². The molecule has 3 aromatic rings. The summed E-state index contributed by atoms with van der Waals surface area (Å²) in [6.45, 7) is 6.77. The number of nitrogens with zero attached hydrogens (tertiary/aromatic N) is 5. The number of nitrogens with one attached hydrogen (secondary N) is 1. The first kappa shape index (κ1) is 19.3. The van der Waals surface area contributed by atoms with Gasteiger partial charge in [-0.05, 0) is 32.4 Å². The van der Waals surface area contributed by atoms with Gasteiger partial charge in [0.2, 0.25) is 0 Å². The van der Waals surface area contributed by atoms with Gasteiger partial charge in [0.15, 0.2) is 5.76 Å². The van der Waals surface area contributed by atoms with Crippen molar-refractivity contribution in [2.24, 2.45) is 5.92 Å². The molecule has 158 valence electrons. The molecule has 2 bridgehead atoms. The summed E-state index contributed by atoms with van der Waals surface area (Å²) in [6, 6.07) is 6.12. The summed E-state index contributed by atoms with van der Waals surface area (Å²) in [5.41, 5.74) is 3.05. The number of hydrogen-bond acceptors (Lipinski definition) is 6. The highest BCUT2D eigenvalue weighted by Crippen LogP contribution is 2.35. The van der Waals surface area contributed by atoms with Gasteiger partial charge in [-0.15, -0.1) is 0 Å². The van der Waals surface area contributed by atoms with E-state index in [0.717, 1.165) is 55.4 Å². The first-order valence-corrected chi connectivity index (χ1v) is 10.6. The fourth-order valence-corrected chi connectivity index (χ4v) is 5.04. The molecule has 3 aromatic heterocycles. The van der Waals surface area contributed by atoms with Gasteiger partial charge in [-0.1, -0.05) is 11.2 Å². The van der Waals surface area contributed by atoms with Crippen LogP contribution in [-0.4, -0.2) is 49.6 Å². The summed E-state index contributed by atoms with van der Waals surface area (Å²) in [6.07, 6.45) is 4.84. The van der Waals surface area contributed by atoms with Crippen LogP contribution in [0.25, 0.3) is 0 Å². The molecule has 30 heavy (non-hydrogen) atoms. The Kier molecular flexibility index (Phi) is 5.04. The number of aryl methyl sites for hydroxylation is 1. The summed E-state index contributed by atoms with van der Waals surface area (Å²) in [4.78, 5) is 25.4. The second kappa shape index (κ2) is 7.85. The molecule has 0 saturated carbocycles. The van der Waals surface area contributed by atoms with Crippen molar-refractivity contribution in [3.05, 3.63) is 69.5 Å². The number of aromatic amines is 1. The number of likely N-dealkylation sites (tertiary alicyclic amines) is 1. The summed E-state index contributed by atoms with van der Waals surface area (Å²) in [5.74, 6) is 2.74. The number of H-pyrrole nitrogens is 1. The SMILES string of the molecule is Cc1cc(CN(C)Cc2ccc3n(c2=O)C[C@H]2C[C@@H]3CN(Cc3ncc[nH]3)C2)on1. The molecule has 1 N–H and O–H groups in total. The third-order valence-corrected chi connectivity index (χ3v) is 6.23. The van der Waals surface area contributed by atoms with E-state index in [9.17, 15) is 4.79 Å². The number of imidazole rings is 1. The monoisotopic (exact) mass is 408 g/mol. The van der Waals surface area contributed by atoms with Crippen molar-refractivity contribution in [3.8, 4) is 0 Å². The first-order chi connectivity index (χ1) is 14.5. The van der Waals surface area contributed by atoms with Crippen LogP contribution in [0.4, 0.5) is 0 Å². The Labute approximate surface area is 175 Å². The molecule has 0 radical (unpaired) electrons. The van der Waals surface area contributed by atoms with Gasteiger partial charge in [0.1, 0.15) is 5.82 Å². The van der Waals surface area contributed by atoms with Crippen LogP contribution in [0, 0.1) is 12.8 Å². The minimum absolute atomic E-state index is 0.155. The molecule has 2 aliphatic heterocycles. The second-order valence-electron chi connectivity index (χ2n) is 8.83. The maximum atomic E-state index is 13.2. The molecule has 5 heterocycles. The van der Waals surface area contributed by atoms with Crippen molar-refractivity contribution >= 4 is 0 Å². The number of pyridine rings is 1. The van der Waals surface area contributed by atoms with E-state index in [1.165, 1.54) is 5.69 Å². The average Bonchev–Trinajstić information content (AvgIpc) is 3.36. The van der Waals surface area contributed by atoms with Gasteiger partial charge in [-0.3, -0.25) is 14.6 Å². The van der Waals surface area contributed by atoms with Crippen molar-refractivity contribution in [2.45, 2.75) is 45.4 Å². The largest absolute Gasteiger partial charge is 0.360 e. The smallest absolute Gasteiger partial charge is 0.255 e. The molecule has 0 amide bonds. The van der Waals surface area contributed by atoms with E-state index in [1.807, 2.05) is 36.9 Å². The highest BCUT2D eigenvalue weighted by Gasteiger charge is 2.35. The van der Waals surface area contributed by atoms with Crippen LogP contribution >= 0.6 is 0 Å². The standard InChI is InChI=1S/C22H28N6O2/c1-15-7-19(30-25-15)13-26(2)11-17-3-4-20-18-8-16(10-28(20)22(17)29)9-27(12-18)14-21-23-5-6-24-21/h3-7,16,18H,8-14H2,1-2H3,(H,23,24)/t16-,18+/m0/s1.